The van der Waals surface area contributed by atoms with Crippen LogP contribution in [0.4, 0.5) is 10.1 Å². The summed E-state index contributed by atoms with van der Waals surface area (Å²) in [5.41, 5.74) is 6.02. The summed E-state index contributed by atoms with van der Waals surface area (Å²) in [6.07, 6.45) is 1.52. The second-order valence-corrected chi connectivity index (χ2v) is 4.81. The number of hydrogen-bond acceptors (Lipinski definition) is 3. The fraction of sp³-hybridized carbons (Fsp3) is 0.467. The van der Waals surface area contributed by atoms with Crippen LogP contribution in [0, 0.1) is 5.82 Å². The molecule has 6 heteroatoms. The van der Waals surface area contributed by atoms with Crippen molar-refractivity contribution < 1.29 is 14.0 Å². The lowest BCUT2D eigenvalue weighted by atomic mass is 10.1. The highest BCUT2D eigenvalue weighted by molar-refractivity contribution is 6.00. The van der Waals surface area contributed by atoms with Crippen LogP contribution in [0.3, 0.4) is 0 Å². The average Bonchev–Trinajstić information content (AvgIpc) is 2.46. The summed E-state index contributed by atoms with van der Waals surface area (Å²) in [5, 5.41) is 2.72. The van der Waals surface area contributed by atoms with Crippen molar-refractivity contribution in [2.24, 2.45) is 0 Å². The van der Waals surface area contributed by atoms with Gasteiger partial charge in [0.15, 0.2) is 0 Å². The molecule has 1 aromatic rings. The maximum absolute atomic E-state index is 13.3. The van der Waals surface area contributed by atoms with Crippen molar-refractivity contribution in [1.82, 2.24) is 10.2 Å². The minimum Gasteiger partial charge on any atom is -0.398 e. The summed E-state index contributed by atoms with van der Waals surface area (Å²) in [6, 6.07) is 3.65. The number of hydrogen-bond donors (Lipinski definition) is 2. The van der Waals surface area contributed by atoms with E-state index in [1.165, 1.54) is 17.0 Å². The minimum absolute atomic E-state index is 0.0529. The number of carbonyl (C=O) groups is 2. The predicted molar refractivity (Wildman–Crippen MR) is 80.3 cm³/mol. The van der Waals surface area contributed by atoms with E-state index in [1.54, 1.807) is 0 Å². The van der Waals surface area contributed by atoms with E-state index >= 15 is 0 Å². The summed E-state index contributed by atoms with van der Waals surface area (Å²) in [5.74, 6) is -1.19. The standard InChI is InChI=1S/C15H22FN3O2/c1-3-7-18-14(20)10-19(8-4-2)15(21)12-9-11(16)5-6-13(12)17/h5-6,9H,3-4,7-8,10,17H2,1-2H3,(H,18,20). The molecule has 0 heterocycles. The first-order valence-electron chi connectivity index (χ1n) is 7.10. The van der Waals surface area contributed by atoms with Crippen LogP contribution in [0.15, 0.2) is 18.2 Å². The molecule has 0 bridgehead atoms. The molecule has 0 saturated heterocycles. The van der Waals surface area contributed by atoms with E-state index in [2.05, 4.69) is 5.32 Å². The van der Waals surface area contributed by atoms with E-state index in [0.29, 0.717) is 19.5 Å². The van der Waals surface area contributed by atoms with E-state index in [9.17, 15) is 14.0 Å². The van der Waals surface area contributed by atoms with Gasteiger partial charge in [0.05, 0.1) is 12.1 Å². The highest BCUT2D eigenvalue weighted by Gasteiger charge is 2.20. The molecule has 1 rings (SSSR count). The molecule has 0 radical (unpaired) electrons. The Labute approximate surface area is 124 Å². The van der Waals surface area contributed by atoms with Crippen LogP contribution < -0.4 is 11.1 Å². The van der Waals surface area contributed by atoms with E-state index in [-0.39, 0.29) is 23.7 Å². The second-order valence-electron chi connectivity index (χ2n) is 4.81. The molecule has 0 spiro atoms. The zero-order chi connectivity index (χ0) is 15.8. The van der Waals surface area contributed by atoms with Gasteiger partial charge in [-0.2, -0.15) is 0 Å². The lowest BCUT2D eigenvalue weighted by molar-refractivity contribution is -0.121. The molecule has 0 aliphatic carbocycles. The molecular weight excluding hydrogens is 273 g/mol. The first-order chi connectivity index (χ1) is 9.99. The summed E-state index contributed by atoms with van der Waals surface area (Å²) in [4.78, 5) is 25.6. The number of amides is 2. The van der Waals surface area contributed by atoms with Crippen LogP contribution in [0.25, 0.3) is 0 Å². The Balaban J connectivity index is 2.86. The zero-order valence-electron chi connectivity index (χ0n) is 12.5. The van der Waals surface area contributed by atoms with Crippen molar-refractivity contribution in [2.75, 3.05) is 25.4 Å². The number of rotatable bonds is 7. The molecule has 0 fully saturated rings. The molecule has 3 N–H and O–H groups in total. The molecule has 116 valence electrons. The quantitative estimate of drug-likeness (QED) is 0.753. The Morgan fingerprint density at radius 3 is 2.62 bits per heavy atom. The van der Waals surface area contributed by atoms with Gasteiger partial charge in [0.25, 0.3) is 5.91 Å². The summed E-state index contributed by atoms with van der Waals surface area (Å²) in [7, 11) is 0. The van der Waals surface area contributed by atoms with Gasteiger partial charge >= 0.3 is 0 Å². The van der Waals surface area contributed by atoms with Crippen LogP contribution in [-0.4, -0.2) is 36.3 Å². The van der Waals surface area contributed by atoms with Crippen molar-refractivity contribution in [3.05, 3.63) is 29.6 Å². The van der Waals surface area contributed by atoms with Crippen LogP contribution in [-0.2, 0) is 4.79 Å². The van der Waals surface area contributed by atoms with Gasteiger partial charge in [0.1, 0.15) is 5.82 Å². The molecule has 0 aliphatic heterocycles. The number of nitrogens with two attached hydrogens (primary N) is 1. The summed E-state index contributed by atoms with van der Waals surface area (Å²) < 4.78 is 13.3. The molecular formula is C15H22FN3O2. The van der Waals surface area contributed by atoms with Crippen LogP contribution >= 0.6 is 0 Å². The van der Waals surface area contributed by atoms with E-state index < -0.39 is 11.7 Å². The molecule has 21 heavy (non-hydrogen) atoms. The third kappa shape index (κ3) is 5.06. The summed E-state index contributed by atoms with van der Waals surface area (Å²) in [6.45, 7) is 4.77. The number of halogens is 1. The van der Waals surface area contributed by atoms with Gasteiger partial charge in [-0.25, -0.2) is 4.39 Å². The summed E-state index contributed by atoms with van der Waals surface area (Å²) >= 11 is 0. The zero-order valence-corrected chi connectivity index (χ0v) is 12.5. The van der Waals surface area contributed by atoms with E-state index in [4.69, 9.17) is 5.73 Å². The predicted octanol–water partition coefficient (Wildman–Crippen LogP) is 1.79. The van der Waals surface area contributed by atoms with Gasteiger partial charge in [0, 0.05) is 18.8 Å². The molecule has 0 atom stereocenters. The van der Waals surface area contributed by atoms with Crippen molar-refractivity contribution in [1.29, 1.82) is 0 Å². The monoisotopic (exact) mass is 295 g/mol. The highest BCUT2D eigenvalue weighted by atomic mass is 19.1. The first kappa shape index (κ1) is 16.9. The van der Waals surface area contributed by atoms with Gasteiger partial charge in [-0.05, 0) is 31.0 Å². The average molecular weight is 295 g/mol. The topological polar surface area (TPSA) is 75.4 Å². The Morgan fingerprint density at radius 2 is 2.00 bits per heavy atom. The highest BCUT2D eigenvalue weighted by Crippen LogP contribution is 2.16. The normalized spacial score (nSPS) is 10.2. The van der Waals surface area contributed by atoms with Gasteiger partial charge < -0.3 is 16.0 Å². The molecule has 0 saturated carbocycles. The number of benzene rings is 1. The van der Waals surface area contributed by atoms with Crippen LogP contribution in [0.1, 0.15) is 37.0 Å². The Morgan fingerprint density at radius 1 is 1.29 bits per heavy atom. The Kier molecular flexibility index (Phi) is 6.65. The van der Waals surface area contributed by atoms with Gasteiger partial charge in [-0.3, -0.25) is 9.59 Å². The number of nitrogen functional groups attached to an aromatic ring is 1. The molecule has 1 aromatic carbocycles. The van der Waals surface area contributed by atoms with Crippen LogP contribution in [0.5, 0.6) is 0 Å². The fourth-order valence-corrected chi connectivity index (χ4v) is 1.90. The number of carbonyl (C=O) groups excluding carboxylic acids is 2. The van der Waals surface area contributed by atoms with Crippen molar-refractivity contribution >= 4 is 17.5 Å². The minimum atomic E-state index is -0.528. The van der Waals surface area contributed by atoms with E-state index in [1.807, 2.05) is 13.8 Å². The molecule has 0 unspecified atom stereocenters. The van der Waals surface area contributed by atoms with Gasteiger partial charge in [-0.15, -0.1) is 0 Å². The molecule has 0 aromatic heterocycles. The smallest absolute Gasteiger partial charge is 0.256 e. The van der Waals surface area contributed by atoms with Gasteiger partial charge in [0.2, 0.25) is 5.91 Å². The lowest BCUT2D eigenvalue weighted by Gasteiger charge is -2.22. The van der Waals surface area contributed by atoms with E-state index in [0.717, 1.165) is 12.5 Å². The number of anilines is 1. The maximum Gasteiger partial charge on any atom is 0.256 e. The SMILES string of the molecule is CCCNC(=O)CN(CCC)C(=O)c1cc(F)ccc1N. The molecule has 2 amide bonds. The van der Waals surface area contributed by atoms with Gasteiger partial charge in [-0.1, -0.05) is 13.8 Å². The first-order valence-corrected chi connectivity index (χ1v) is 7.10. The Bertz CT molecular complexity index is 506. The van der Waals surface area contributed by atoms with Crippen molar-refractivity contribution in [3.63, 3.8) is 0 Å². The second kappa shape index (κ2) is 8.24. The molecule has 5 nitrogen and oxygen atoms in total. The van der Waals surface area contributed by atoms with Crippen molar-refractivity contribution in [2.45, 2.75) is 26.7 Å². The van der Waals surface area contributed by atoms with Crippen LogP contribution in [0.2, 0.25) is 0 Å². The number of nitrogens with one attached hydrogen (secondary N) is 1. The molecule has 0 aliphatic rings. The third-order valence-corrected chi connectivity index (χ3v) is 2.93. The third-order valence-electron chi connectivity index (χ3n) is 2.93. The fourth-order valence-electron chi connectivity index (χ4n) is 1.90. The lowest BCUT2D eigenvalue weighted by Crippen LogP contribution is -2.41. The Hall–Kier alpha value is -2.11. The maximum atomic E-state index is 13.3. The number of nitrogens with zero attached hydrogens (tertiary/aromatic N) is 1. The van der Waals surface area contributed by atoms with Crippen molar-refractivity contribution in [3.8, 4) is 0 Å². The largest absolute Gasteiger partial charge is 0.398 e.